The fourth-order valence-electron chi connectivity index (χ4n) is 21.8. The van der Waals surface area contributed by atoms with Crippen molar-refractivity contribution in [3.63, 3.8) is 0 Å². The van der Waals surface area contributed by atoms with Crippen molar-refractivity contribution in [1.29, 1.82) is 0 Å². The molecule has 0 heterocycles. The Labute approximate surface area is 837 Å². The highest BCUT2D eigenvalue weighted by Gasteiger charge is 2.34. The molecule has 0 aliphatic rings. The topological polar surface area (TPSA) is 13.0 Å². The number of para-hydroxylation sites is 4. The van der Waals surface area contributed by atoms with Crippen molar-refractivity contribution in [2.75, 3.05) is 19.6 Å². The van der Waals surface area contributed by atoms with Crippen molar-refractivity contribution in [2.24, 2.45) is 0 Å². The van der Waals surface area contributed by atoms with E-state index in [4.69, 9.17) is 0 Å². The Morgan fingerprint density at radius 1 is 0.153 bits per heavy atom. The first-order chi connectivity index (χ1) is 70.4. The Morgan fingerprint density at radius 2 is 0.375 bits per heavy atom. The second-order valence-electron chi connectivity index (χ2n) is 38.0. The molecule has 24 rings (SSSR count). The Balaban J connectivity index is 0.000000159. The molecule has 0 bridgehead atoms. The average molecular weight is 1870 g/mol. The number of nitrogens with zero attached hydrogens (tertiary/aromatic N) is 4. The lowest BCUT2D eigenvalue weighted by Gasteiger charge is -2.32. The Hall–Kier alpha value is -17.7. The van der Waals surface area contributed by atoms with Crippen LogP contribution in [0.5, 0.6) is 0 Å². The lowest BCUT2D eigenvalue weighted by Crippen LogP contribution is -2.15. The van der Waals surface area contributed by atoms with E-state index >= 15 is 17.6 Å². The molecular formula is C136H100F4N4. The van der Waals surface area contributed by atoms with Crippen LogP contribution in [0.25, 0.3) is 154 Å². The first-order valence-electron chi connectivity index (χ1n) is 49.1. The van der Waals surface area contributed by atoms with Crippen LogP contribution in [0, 0.1) is 78.7 Å². The molecule has 0 amide bonds. The summed E-state index contributed by atoms with van der Waals surface area (Å²) in [5.74, 6) is -1.32. The van der Waals surface area contributed by atoms with E-state index in [0.29, 0.717) is 22.7 Å². The van der Waals surface area contributed by atoms with Crippen LogP contribution in [-0.4, -0.2) is 0 Å². The summed E-state index contributed by atoms with van der Waals surface area (Å²) in [5.41, 5.74) is 31.2. The maximum Gasteiger partial charge on any atom is 0.148 e. The fraction of sp³-hybridized carbons (Fsp3) is 0.0588. The molecule has 0 saturated carbocycles. The molecule has 0 spiro atoms. The zero-order valence-corrected chi connectivity index (χ0v) is 81.2. The lowest BCUT2D eigenvalue weighted by atomic mass is 9.90. The van der Waals surface area contributed by atoms with E-state index in [1.54, 1.807) is 24.3 Å². The van der Waals surface area contributed by atoms with Gasteiger partial charge in [-0.15, -0.1) is 0 Å². The Bertz CT molecular complexity index is 8550. The largest absolute Gasteiger partial charge is 0.307 e. The van der Waals surface area contributed by atoms with Gasteiger partial charge in [-0.05, 0) is 309 Å². The van der Waals surface area contributed by atoms with Gasteiger partial charge in [-0.25, -0.2) is 17.6 Å². The van der Waals surface area contributed by atoms with Gasteiger partial charge in [-0.2, -0.15) is 0 Å². The van der Waals surface area contributed by atoms with Crippen LogP contribution in [0.4, 0.5) is 85.8 Å². The van der Waals surface area contributed by atoms with Gasteiger partial charge in [0, 0.05) is 66.5 Å². The van der Waals surface area contributed by atoms with Crippen molar-refractivity contribution in [1.82, 2.24) is 0 Å². The summed E-state index contributed by atoms with van der Waals surface area (Å²) in [6.07, 6.45) is 0. The molecule has 8 heteroatoms. The minimum atomic E-state index is -0.333. The number of hydrogen-bond acceptors (Lipinski definition) is 4. The molecule has 692 valence electrons. The third kappa shape index (κ3) is 16.5. The van der Waals surface area contributed by atoms with Crippen molar-refractivity contribution >= 4 is 133 Å². The van der Waals surface area contributed by atoms with Gasteiger partial charge in [0.05, 0.1) is 45.5 Å². The molecule has 0 aliphatic carbocycles. The van der Waals surface area contributed by atoms with E-state index in [0.717, 1.165) is 244 Å². The van der Waals surface area contributed by atoms with Gasteiger partial charge in [0.2, 0.25) is 0 Å². The van der Waals surface area contributed by atoms with Gasteiger partial charge in [0.15, 0.2) is 0 Å². The second-order valence-corrected chi connectivity index (χ2v) is 38.0. The van der Waals surface area contributed by atoms with Gasteiger partial charge in [0.25, 0.3) is 0 Å². The SMILES string of the molecule is Cc1cccc(-c2cc(F)c(N(c3ccccc3)c3ccc4ccc5c(N(c6ccccc6)c6c(F)cc(-c7cccc(C)c7)cc6-c6cccc(C)c6)ccc6ccc3c4c65)c(-c3cccc(C)c3)c2)c1.Cc1ccccc1-c1cc(F)c(N(c2ccccc2)c2ccc3ccc4c(N(c5ccccc5)c5c(F)cc(-c6ccccc6C)cc5-c5ccccc5C)ccc5ccc2c3c54)c(-c2ccccc2C)c1. The molecular weight excluding hydrogens is 1770 g/mol. The molecule has 0 radical (unpaired) electrons. The Kier molecular flexibility index (Phi) is 23.7. The van der Waals surface area contributed by atoms with E-state index < -0.39 is 0 Å². The maximum atomic E-state index is 17.9. The number of rotatable bonds is 20. The number of hydrogen-bond donors (Lipinski definition) is 0. The zero-order chi connectivity index (χ0) is 98.1. The number of aryl methyl sites for hydroxylation is 8. The van der Waals surface area contributed by atoms with Crippen LogP contribution in [0.2, 0.25) is 0 Å². The highest BCUT2D eigenvalue weighted by molar-refractivity contribution is 6.30. The molecule has 0 saturated heterocycles. The molecule has 24 aromatic rings. The van der Waals surface area contributed by atoms with E-state index in [1.165, 1.54) is 0 Å². The minimum absolute atomic E-state index is 0.329. The van der Waals surface area contributed by atoms with Crippen LogP contribution in [0.1, 0.15) is 44.5 Å². The first-order valence-corrected chi connectivity index (χ1v) is 49.1. The smallest absolute Gasteiger partial charge is 0.148 e. The third-order valence-corrected chi connectivity index (χ3v) is 28.5. The molecule has 0 aromatic heterocycles. The Morgan fingerprint density at radius 3 is 0.646 bits per heavy atom. The summed E-state index contributed by atoms with van der Waals surface area (Å²) in [7, 11) is 0. The molecule has 24 aromatic carbocycles. The summed E-state index contributed by atoms with van der Waals surface area (Å²) in [4.78, 5) is 8.38. The zero-order valence-electron chi connectivity index (χ0n) is 81.2. The highest BCUT2D eigenvalue weighted by atomic mass is 19.1. The molecule has 0 fully saturated rings. The van der Waals surface area contributed by atoms with Crippen molar-refractivity contribution < 1.29 is 17.6 Å². The normalized spacial score (nSPS) is 11.5. The van der Waals surface area contributed by atoms with Gasteiger partial charge in [-0.1, -0.05) is 362 Å². The van der Waals surface area contributed by atoms with E-state index in [2.05, 4.69) is 330 Å². The molecule has 0 atom stereocenters. The summed E-state index contributed by atoms with van der Waals surface area (Å²) in [5, 5.41) is 12.2. The standard InChI is InChI=1S/2C68H50F2N2/c1-43-15-11-19-49(35-43)53-39-59(51-21-13-17-45(3)37-51)67(61(69)41-53)71(55-23-7-5-8-24-55)63-33-29-47-28-32-58-64(34-30-48-27-31-57(63)65(47)66(48)58)72(56-25-9-6-10-26-56)68-60(52-22-14-18-46(4)38-52)40-54(42-62(68)70)50-20-12-16-44(2)36-50;1-43-19-11-15-27-53(43)49-39-59(55-29-17-13-21-45(55)3)67(61(69)41-49)71(51-23-7-5-8-24-51)63-37-33-47-32-36-58-64(38-34-48-31-35-57(63)65(47)66(48)58)72(52-25-9-6-10-26-52)68-60(56-30-18-14-22-46(56)4)40-50(42-62(68)70)54-28-16-12-20-44(54)2/h2*5-42H,1-4H3. The van der Waals surface area contributed by atoms with Crippen molar-refractivity contribution in [2.45, 2.75) is 55.4 Å². The van der Waals surface area contributed by atoms with Crippen LogP contribution < -0.4 is 19.6 Å². The van der Waals surface area contributed by atoms with Crippen LogP contribution in [0.3, 0.4) is 0 Å². The van der Waals surface area contributed by atoms with Crippen molar-refractivity contribution in [3.8, 4) is 89.0 Å². The monoisotopic (exact) mass is 1860 g/mol. The van der Waals surface area contributed by atoms with Crippen LogP contribution >= 0.6 is 0 Å². The van der Waals surface area contributed by atoms with E-state index in [-0.39, 0.29) is 23.3 Å². The number of benzene rings is 24. The van der Waals surface area contributed by atoms with Crippen LogP contribution in [-0.2, 0) is 0 Å². The third-order valence-electron chi connectivity index (χ3n) is 28.5. The van der Waals surface area contributed by atoms with Gasteiger partial charge < -0.3 is 19.6 Å². The number of anilines is 12. The second kappa shape index (κ2) is 37.8. The summed E-state index contributed by atoms with van der Waals surface area (Å²) >= 11 is 0. The molecule has 4 nitrogen and oxygen atoms in total. The summed E-state index contributed by atoms with van der Waals surface area (Å²) in [6.45, 7) is 16.6. The average Bonchev–Trinajstić information content (AvgIpc) is 0.721. The molecule has 0 N–H and O–H groups in total. The first kappa shape index (κ1) is 90.1. The summed E-state index contributed by atoms with van der Waals surface area (Å²) < 4.78 is 71.5. The molecule has 0 unspecified atom stereocenters. The fourth-order valence-corrected chi connectivity index (χ4v) is 21.8. The van der Waals surface area contributed by atoms with E-state index in [9.17, 15) is 0 Å². The van der Waals surface area contributed by atoms with Gasteiger partial charge >= 0.3 is 0 Å². The van der Waals surface area contributed by atoms with E-state index in [1.807, 2.05) is 182 Å². The predicted octanol–water partition coefficient (Wildman–Crippen LogP) is 39.4. The lowest BCUT2D eigenvalue weighted by molar-refractivity contribution is 0.629. The highest BCUT2D eigenvalue weighted by Crippen LogP contribution is 2.57. The number of halogens is 4. The predicted molar refractivity (Wildman–Crippen MR) is 600 cm³/mol. The summed E-state index contributed by atoms with van der Waals surface area (Å²) in [6, 6.07) is 156. The molecule has 0 aliphatic heterocycles. The van der Waals surface area contributed by atoms with Crippen LogP contribution in [0.15, 0.2) is 461 Å². The quantitative estimate of drug-likeness (QED) is 0.0557. The van der Waals surface area contributed by atoms with Gasteiger partial charge in [0.1, 0.15) is 23.3 Å². The van der Waals surface area contributed by atoms with Crippen molar-refractivity contribution in [3.05, 3.63) is 529 Å². The minimum Gasteiger partial charge on any atom is -0.307 e. The maximum absolute atomic E-state index is 17.9. The van der Waals surface area contributed by atoms with Gasteiger partial charge in [-0.3, -0.25) is 0 Å². The molecule has 144 heavy (non-hydrogen) atoms.